The molecular weight excluding hydrogens is 290 g/mol. The van der Waals surface area contributed by atoms with Crippen LogP contribution in [-0.4, -0.2) is 51.2 Å². The first kappa shape index (κ1) is 15.7. The van der Waals surface area contributed by atoms with Gasteiger partial charge in [0.05, 0.1) is 5.69 Å². The Morgan fingerprint density at radius 1 is 1.39 bits per heavy atom. The van der Waals surface area contributed by atoms with E-state index in [1.165, 1.54) is 6.42 Å². The zero-order valence-corrected chi connectivity index (χ0v) is 13.7. The van der Waals surface area contributed by atoms with Crippen LogP contribution >= 0.6 is 0 Å². The van der Waals surface area contributed by atoms with Gasteiger partial charge >= 0.3 is 0 Å². The molecule has 0 unspecified atom stereocenters. The van der Waals surface area contributed by atoms with Gasteiger partial charge in [-0.15, -0.1) is 5.10 Å². The Kier molecular flexibility index (Phi) is 4.71. The van der Waals surface area contributed by atoms with E-state index in [-0.39, 0.29) is 11.7 Å². The second-order valence-corrected chi connectivity index (χ2v) is 5.93. The number of amides is 1. The molecule has 3 rings (SSSR count). The number of likely N-dealkylation sites (N-methyl/N-ethyl adjacent to an activating group) is 1. The first-order valence-electron chi connectivity index (χ1n) is 8.19. The van der Waals surface area contributed by atoms with Crippen LogP contribution in [0.5, 0.6) is 0 Å². The van der Waals surface area contributed by atoms with Crippen LogP contribution in [0.2, 0.25) is 0 Å². The number of carbonyl (C=O) groups excluding carboxylic acids is 1. The van der Waals surface area contributed by atoms with Gasteiger partial charge in [0, 0.05) is 12.6 Å². The van der Waals surface area contributed by atoms with E-state index in [1.54, 1.807) is 11.0 Å². The van der Waals surface area contributed by atoms with Crippen LogP contribution in [0.1, 0.15) is 35.9 Å². The number of aromatic nitrogens is 3. The molecule has 1 saturated heterocycles. The lowest BCUT2D eigenvalue weighted by molar-refractivity contribution is 0.0931. The summed E-state index contributed by atoms with van der Waals surface area (Å²) in [6.45, 7) is 6.98. The number of nitrogens with one attached hydrogen (secondary N) is 1. The minimum absolute atomic E-state index is 0.208. The number of nitrogens with zero attached hydrogens (tertiary/aromatic N) is 4. The highest BCUT2D eigenvalue weighted by atomic mass is 16.2. The topological polar surface area (TPSA) is 63.1 Å². The van der Waals surface area contributed by atoms with Gasteiger partial charge in [0.1, 0.15) is 6.33 Å². The molecule has 1 aromatic heterocycles. The summed E-state index contributed by atoms with van der Waals surface area (Å²) in [6.07, 6.45) is 3.93. The molecule has 0 bridgehead atoms. The van der Waals surface area contributed by atoms with Crippen LogP contribution in [0, 0.1) is 6.92 Å². The zero-order valence-electron chi connectivity index (χ0n) is 13.7. The van der Waals surface area contributed by atoms with Gasteiger partial charge in [-0.3, -0.25) is 9.69 Å². The number of hydrogen-bond donors (Lipinski definition) is 1. The highest BCUT2D eigenvalue weighted by molar-refractivity contribution is 5.90. The Balaban J connectivity index is 1.64. The lowest BCUT2D eigenvalue weighted by Crippen LogP contribution is -2.40. The van der Waals surface area contributed by atoms with Crippen LogP contribution < -0.4 is 5.32 Å². The Morgan fingerprint density at radius 3 is 3.00 bits per heavy atom. The molecule has 122 valence electrons. The smallest absolute Gasteiger partial charge is 0.291 e. The third-order valence-corrected chi connectivity index (χ3v) is 4.46. The van der Waals surface area contributed by atoms with Gasteiger partial charge in [-0.25, -0.2) is 9.67 Å². The van der Waals surface area contributed by atoms with Crippen molar-refractivity contribution in [3.05, 3.63) is 42.0 Å². The van der Waals surface area contributed by atoms with Crippen molar-refractivity contribution in [1.29, 1.82) is 0 Å². The number of benzene rings is 1. The molecule has 2 aromatic rings. The predicted octanol–water partition coefficient (Wildman–Crippen LogP) is 1.79. The maximum absolute atomic E-state index is 12.3. The highest BCUT2D eigenvalue weighted by Crippen LogP contribution is 2.15. The van der Waals surface area contributed by atoms with Crippen molar-refractivity contribution in [3.63, 3.8) is 0 Å². The fourth-order valence-corrected chi connectivity index (χ4v) is 3.14. The molecule has 0 saturated carbocycles. The molecule has 23 heavy (non-hydrogen) atoms. The van der Waals surface area contributed by atoms with Crippen molar-refractivity contribution in [2.45, 2.75) is 32.7 Å². The number of carbonyl (C=O) groups is 1. The Labute approximate surface area is 136 Å². The molecule has 1 amide bonds. The Bertz CT molecular complexity index is 681. The predicted molar refractivity (Wildman–Crippen MR) is 88.7 cm³/mol. The summed E-state index contributed by atoms with van der Waals surface area (Å²) in [5.41, 5.74) is 2.03. The molecule has 1 fully saturated rings. The third-order valence-electron chi connectivity index (χ3n) is 4.46. The van der Waals surface area contributed by atoms with Crippen molar-refractivity contribution in [1.82, 2.24) is 25.0 Å². The van der Waals surface area contributed by atoms with Gasteiger partial charge in [-0.2, -0.15) is 0 Å². The Morgan fingerprint density at radius 2 is 2.22 bits per heavy atom. The van der Waals surface area contributed by atoms with E-state index in [4.69, 9.17) is 0 Å². The van der Waals surface area contributed by atoms with Gasteiger partial charge in [0.2, 0.25) is 5.82 Å². The molecule has 0 spiro atoms. The minimum atomic E-state index is -0.208. The van der Waals surface area contributed by atoms with Gasteiger partial charge < -0.3 is 5.32 Å². The van der Waals surface area contributed by atoms with Crippen molar-refractivity contribution in [3.8, 4) is 5.69 Å². The fraction of sp³-hybridized carbons (Fsp3) is 0.471. The standard InChI is InChI=1S/C17H23N5O/c1-3-21-10-6-8-14(21)11-18-17(23)16-19-12-22(20-16)15-9-5-4-7-13(15)2/h4-5,7,9,12,14H,3,6,8,10-11H2,1-2H3,(H,18,23)/t14-/m0/s1. The van der Waals surface area contributed by atoms with Gasteiger partial charge in [-0.05, 0) is 44.5 Å². The number of likely N-dealkylation sites (tertiary alicyclic amines) is 1. The summed E-state index contributed by atoms with van der Waals surface area (Å²) in [4.78, 5) is 18.8. The van der Waals surface area contributed by atoms with E-state index in [1.807, 2.05) is 31.2 Å². The van der Waals surface area contributed by atoms with Crippen LogP contribution in [0.25, 0.3) is 5.69 Å². The number of aryl methyl sites for hydroxylation is 1. The van der Waals surface area contributed by atoms with Crippen LogP contribution in [-0.2, 0) is 0 Å². The summed E-state index contributed by atoms with van der Waals surface area (Å²) >= 11 is 0. The molecule has 6 heteroatoms. The SMILES string of the molecule is CCN1CCC[C@H]1CNC(=O)c1ncn(-c2ccccc2C)n1. The Hall–Kier alpha value is -2.21. The molecule has 1 atom stereocenters. The van der Waals surface area contributed by atoms with E-state index in [0.717, 1.165) is 30.8 Å². The zero-order chi connectivity index (χ0) is 16.2. The maximum atomic E-state index is 12.3. The largest absolute Gasteiger partial charge is 0.348 e. The molecule has 1 N–H and O–H groups in total. The lowest BCUT2D eigenvalue weighted by atomic mass is 10.2. The van der Waals surface area contributed by atoms with E-state index < -0.39 is 0 Å². The van der Waals surface area contributed by atoms with Gasteiger partial charge in [0.25, 0.3) is 5.91 Å². The number of hydrogen-bond acceptors (Lipinski definition) is 4. The first-order valence-corrected chi connectivity index (χ1v) is 8.19. The quantitative estimate of drug-likeness (QED) is 0.914. The van der Waals surface area contributed by atoms with Crippen LogP contribution in [0.3, 0.4) is 0 Å². The summed E-state index contributed by atoms with van der Waals surface area (Å²) in [5, 5.41) is 7.27. The highest BCUT2D eigenvalue weighted by Gasteiger charge is 2.24. The van der Waals surface area contributed by atoms with E-state index in [0.29, 0.717) is 12.6 Å². The molecule has 0 aliphatic carbocycles. The van der Waals surface area contributed by atoms with E-state index >= 15 is 0 Å². The summed E-state index contributed by atoms with van der Waals surface area (Å²) < 4.78 is 1.65. The maximum Gasteiger partial charge on any atom is 0.291 e. The van der Waals surface area contributed by atoms with Crippen molar-refractivity contribution in [2.24, 2.45) is 0 Å². The van der Waals surface area contributed by atoms with E-state index in [2.05, 4.69) is 27.2 Å². The van der Waals surface area contributed by atoms with E-state index in [9.17, 15) is 4.79 Å². The van der Waals surface area contributed by atoms with Crippen molar-refractivity contribution in [2.75, 3.05) is 19.6 Å². The number of rotatable bonds is 5. The first-order chi connectivity index (χ1) is 11.2. The van der Waals surface area contributed by atoms with Gasteiger partial charge in [-0.1, -0.05) is 25.1 Å². The summed E-state index contributed by atoms with van der Waals surface area (Å²) in [5.74, 6) is 0.00888. The normalized spacial score (nSPS) is 18.3. The molecule has 0 radical (unpaired) electrons. The minimum Gasteiger partial charge on any atom is -0.348 e. The molecule has 1 aromatic carbocycles. The average Bonchev–Trinajstić information content (AvgIpc) is 3.22. The summed E-state index contributed by atoms with van der Waals surface area (Å²) in [7, 11) is 0. The molecule has 2 heterocycles. The molecule has 1 aliphatic rings. The molecule has 6 nitrogen and oxygen atoms in total. The summed E-state index contributed by atoms with van der Waals surface area (Å²) in [6, 6.07) is 8.33. The molecular formula is C17H23N5O. The third kappa shape index (κ3) is 3.42. The van der Waals surface area contributed by atoms with Crippen molar-refractivity contribution >= 4 is 5.91 Å². The monoisotopic (exact) mass is 313 g/mol. The van der Waals surface area contributed by atoms with Gasteiger partial charge in [0.15, 0.2) is 0 Å². The van der Waals surface area contributed by atoms with Crippen molar-refractivity contribution < 1.29 is 4.79 Å². The second kappa shape index (κ2) is 6.91. The lowest BCUT2D eigenvalue weighted by Gasteiger charge is -2.22. The number of para-hydroxylation sites is 1. The van der Waals surface area contributed by atoms with Crippen LogP contribution in [0.4, 0.5) is 0 Å². The average molecular weight is 313 g/mol. The molecule has 1 aliphatic heterocycles. The van der Waals surface area contributed by atoms with Crippen LogP contribution in [0.15, 0.2) is 30.6 Å². The second-order valence-electron chi connectivity index (χ2n) is 5.93. The fourth-order valence-electron chi connectivity index (χ4n) is 3.14.